The molecule has 0 unspecified atom stereocenters. The van der Waals surface area contributed by atoms with E-state index in [0.29, 0.717) is 22.1 Å². The molecule has 0 aliphatic heterocycles. The summed E-state index contributed by atoms with van der Waals surface area (Å²) < 4.78 is 5.86. The fourth-order valence-electron chi connectivity index (χ4n) is 2.87. The van der Waals surface area contributed by atoms with Gasteiger partial charge in [0.1, 0.15) is 5.52 Å². The van der Waals surface area contributed by atoms with Gasteiger partial charge in [-0.05, 0) is 41.0 Å². The average Bonchev–Trinajstić information content (AvgIpc) is 3.07. The molecule has 2 N–H and O–H groups in total. The number of carbonyl (C=O) groups excluding carboxylic acids is 1. The number of aromatic nitrogens is 1. The highest BCUT2D eigenvalue weighted by Crippen LogP contribution is 2.30. The molecule has 1 heterocycles. The van der Waals surface area contributed by atoms with Gasteiger partial charge < -0.3 is 10.2 Å². The number of hydrogen-bond donors (Lipinski definition) is 1. The van der Waals surface area contributed by atoms with Gasteiger partial charge in [-0.2, -0.15) is 0 Å². The quantitative estimate of drug-likeness (QED) is 0.564. The van der Waals surface area contributed by atoms with Crippen molar-refractivity contribution >= 4 is 28.6 Å². The lowest BCUT2D eigenvalue weighted by molar-refractivity contribution is -0.117. The Morgan fingerprint density at radius 1 is 0.962 bits per heavy atom. The topological polar surface area (TPSA) is 69.1 Å². The number of nitrogens with two attached hydrogens (primary N) is 1. The number of hydrogen-bond acceptors (Lipinski definition) is 3. The molecule has 4 aromatic rings. The number of nitrogens with zero attached hydrogens (tertiary/aromatic N) is 1. The van der Waals surface area contributed by atoms with Gasteiger partial charge in [-0.15, -0.1) is 0 Å². The van der Waals surface area contributed by atoms with Gasteiger partial charge in [-0.1, -0.05) is 54.1 Å². The van der Waals surface area contributed by atoms with Crippen molar-refractivity contribution in [3.63, 3.8) is 0 Å². The molecule has 0 bridgehead atoms. The highest BCUT2D eigenvalue weighted by Gasteiger charge is 2.12. The maximum absolute atomic E-state index is 11.1. The second-order valence-electron chi connectivity index (χ2n) is 6.02. The van der Waals surface area contributed by atoms with Crippen molar-refractivity contribution in [3.05, 3.63) is 77.3 Å². The van der Waals surface area contributed by atoms with Crippen LogP contribution in [0.3, 0.4) is 0 Å². The number of benzene rings is 3. The van der Waals surface area contributed by atoms with E-state index in [1.165, 1.54) is 0 Å². The SMILES string of the molecule is NC(=O)Cc1ccc(-c2nc3cc(-c4ccccc4)ccc3o2)cc1Cl. The zero-order valence-corrected chi connectivity index (χ0v) is 14.5. The normalized spacial score (nSPS) is 11.0. The summed E-state index contributed by atoms with van der Waals surface area (Å²) in [4.78, 5) is 15.7. The van der Waals surface area contributed by atoms with Crippen LogP contribution in [0, 0.1) is 0 Å². The summed E-state index contributed by atoms with van der Waals surface area (Å²) in [6, 6.07) is 21.4. The van der Waals surface area contributed by atoms with E-state index in [-0.39, 0.29) is 6.42 Å². The van der Waals surface area contributed by atoms with E-state index in [2.05, 4.69) is 17.1 Å². The van der Waals surface area contributed by atoms with Crippen molar-refractivity contribution in [1.29, 1.82) is 0 Å². The highest BCUT2D eigenvalue weighted by atomic mass is 35.5. The van der Waals surface area contributed by atoms with E-state index < -0.39 is 5.91 Å². The third kappa shape index (κ3) is 3.19. The van der Waals surface area contributed by atoms with Gasteiger partial charge in [-0.25, -0.2) is 4.98 Å². The molecule has 5 heteroatoms. The number of fused-ring (bicyclic) bond motifs is 1. The van der Waals surface area contributed by atoms with Crippen molar-refractivity contribution in [3.8, 4) is 22.6 Å². The Bertz CT molecular complexity index is 1100. The van der Waals surface area contributed by atoms with E-state index in [0.717, 1.165) is 22.2 Å². The Balaban J connectivity index is 1.71. The zero-order chi connectivity index (χ0) is 18.1. The van der Waals surface area contributed by atoms with Crippen molar-refractivity contribution in [2.75, 3.05) is 0 Å². The first-order valence-corrected chi connectivity index (χ1v) is 8.51. The Morgan fingerprint density at radius 3 is 2.46 bits per heavy atom. The smallest absolute Gasteiger partial charge is 0.227 e. The number of rotatable bonds is 4. The summed E-state index contributed by atoms with van der Waals surface area (Å²) in [5.41, 5.74) is 10.3. The van der Waals surface area contributed by atoms with Crippen LogP contribution < -0.4 is 5.73 Å². The lowest BCUT2D eigenvalue weighted by Gasteiger charge is -2.03. The van der Waals surface area contributed by atoms with E-state index in [1.54, 1.807) is 12.1 Å². The van der Waals surface area contributed by atoms with Crippen LogP contribution in [-0.2, 0) is 11.2 Å². The molecule has 0 atom stereocenters. The minimum absolute atomic E-state index is 0.104. The maximum Gasteiger partial charge on any atom is 0.227 e. The van der Waals surface area contributed by atoms with E-state index in [1.807, 2.05) is 42.5 Å². The van der Waals surface area contributed by atoms with Crippen molar-refractivity contribution in [2.45, 2.75) is 6.42 Å². The van der Waals surface area contributed by atoms with Gasteiger partial charge in [0.2, 0.25) is 11.8 Å². The first-order valence-electron chi connectivity index (χ1n) is 8.13. The van der Waals surface area contributed by atoms with Crippen LogP contribution in [-0.4, -0.2) is 10.9 Å². The predicted molar refractivity (Wildman–Crippen MR) is 103 cm³/mol. The molecule has 4 nitrogen and oxygen atoms in total. The molecule has 0 saturated carbocycles. The zero-order valence-electron chi connectivity index (χ0n) is 13.8. The Hall–Kier alpha value is -3.11. The molecular weight excluding hydrogens is 348 g/mol. The summed E-state index contributed by atoms with van der Waals surface area (Å²) in [5, 5.41) is 0.466. The second kappa shape index (κ2) is 6.65. The van der Waals surface area contributed by atoms with Gasteiger partial charge in [0.25, 0.3) is 0 Å². The van der Waals surface area contributed by atoms with Crippen molar-refractivity contribution < 1.29 is 9.21 Å². The number of carbonyl (C=O) groups is 1. The molecule has 0 aliphatic carbocycles. The molecule has 128 valence electrons. The van der Waals surface area contributed by atoms with Crippen molar-refractivity contribution in [2.24, 2.45) is 5.73 Å². The summed E-state index contributed by atoms with van der Waals surface area (Å²) in [5.74, 6) is 0.0627. The van der Waals surface area contributed by atoms with Crippen molar-refractivity contribution in [1.82, 2.24) is 4.98 Å². The number of oxazole rings is 1. The van der Waals surface area contributed by atoms with Crippen LogP contribution in [0.4, 0.5) is 0 Å². The Morgan fingerprint density at radius 2 is 1.73 bits per heavy atom. The van der Waals surface area contributed by atoms with Crippen LogP contribution in [0.15, 0.2) is 71.1 Å². The minimum atomic E-state index is -0.421. The summed E-state index contributed by atoms with van der Waals surface area (Å²) in [7, 11) is 0. The summed E-state index contributed by atoms with van der Waals surface area (Å²) >= 11 is 6.25. The lowest BCUT2D eigenvalue weighted by Crippen LogP contribution is -2.13. The van der Waals surface area contributed by atoms with E-state index in [4.69, 9.17) is 21.8 Å². The standard InChI is InChI=1S/C21H15ClN2O2/c22-17-10-16(7-6-15(17)12-20(23)25)21-24-18-11-14(8-9-19(18)26-21)13-4-2-1-3-5-13/h1-11H,12H2,(H2,23,25). The van der Waals surface area contributed by atoms with Gasteiger partial charge in [0, 0.05) is 10.6 Å². The molecule has 4 rings (SSSR count). The molecule has 0 fully saturated rings. The fourth-order valence-corrected chi connectivity index (χ4v) is 3.12. The van der Waals surface area contributed by atoms with Gasteiger partial charge in [0.15, 0.2) is 5.58 Å². The van der Waals surface area contributed by atoms with Gasteiger partial charge >= 0.3 is 0 Å². The third-order valence-corrected chi connectivity index (χ3v) is 4.51. The molecule has 3 aromatic carbocycles. The number of halogens is 1. The fraction of sp³-hybridized carbons (Fsp3) is 0.0476. The van der Waals surface area contributed by atoms with Crippen LogP contribution in [0.2, 0.25) is 5.02 Å². The summed E-state index contributed by atoms with van der Waals surface area (Å²) in [6.45, 7) is 0. The summed E-state index contributed by atoms with van der Waals surface area (Å²) in [6.07, 6.45) is 0.104. The third-order valence-electron chi connectivity index (χ3n) is 4.16. The molecule has 1 amide bonds. The first-order chi connectivity index (χ1) is 12.6. The Kier molecular flexibility index (Phi) is 4.19. The second-order valence-corrected chi connectivity index (χ2v) is 6.42. The maximum atomic E-state index is 11.1. The predicted octanol–water partition coefficient (Wildman–Crippen LogP) is 4.84. The molecule has 0 saturated heterocycles. The van der Waals surface area contributed by atoms with Gasteiger partial charge in [0.05, 0.1) is 6.42 Å². The van der Waals surface area contributed by atoms with Gasteiger partial charge in [-0.3, -0.25) is 4.79 Å². The lowest BCUT2D eigenvalue weighted by atomic mass is 10.1. The van der Waals surface area contributed by atoms with Crippen LogP contribution in [0.5, 0.6) is 0 Å². The molecule has 26 heavy (non-hydrogen) atoms. The van der Waals surface area contributed by atoms with Crippen LogP contribution in [0.1, 0.15) is 5.56 Å². The Labute approximate surface area is 155 Å². The van der Waals surface area contributed by atoms with Crippen LogP contribution >= 0.6 is 11.6 Å². The van der Waals surface area contributed by atoms with E-state index in [9.17, 15) is 4.79 Å². The molecule has 0 aliphatic rings. The first kappa shape index (κ1) is 16.4. The minimum Gasteiger partial charge on any atom is -0.436 e. The molecular formula is C21H15ClN2O2. The number of amides is 1. The van der Waals surface area contributed by atoms with Crippen LogP contribution in [0.25, 0.3) is 33.7 Å². The molecule has 1 aromatic heterocycles. The molecule has 0 radical (unpaired) electrons. The highest BCUT2D eigenvalue weighted by molar-refractivity contribution is 6.31. The largest absolute Gasteiger partial charge is 0.436 e. The monoisotopic (exact) mass is 362 g/mol. The van der Waals surface area contributed by atoms with E-state index >= 15 is 0 Å². The molecule has 0 spiro atoms. The number of primary amides is 1. The average molecular weight is 363 g/mol.